The Kier molecular flexibility index (Phi) is 5.48. The monoisotopic (exact) mass is 407 g/mol. The zero-order valence-corrected chi connectivity index (χ0v) is 17.4. The van der Waals surface area contributed by atoms with E-state index in [0.717, 1.165) is 29.7 Å². The number of aryl methyl sites for hydroxylation is 1. The molecule has 1 aliphatic carbocycles. The lowest BCUT2D eigenvalue weighted by Gasteiger charge is -2.36. The lowest BCUT2D eigenvalue weighted by molar-refractivity contribution is -0.122. The zero-order valence-electron chi connectivity index (χ0n) is 17.4. The van der Waals surface area contributed by atoms with Crippen molar-refractivity contribution in [3.8, 4) is 17.3 Å². The number of hydrogen-bond acceptors (Lipinski definition) is 7. The molecular formula is C22H25N5O3. The normalized spacial score (nSPS) is 17.2. The molecule has 30 heavy (non-hydrogen) atoms. The molecular weight excluding hydrogens is 382 g/mol. The molecule has 8 nitrogen and oxygen atoms in total. The summed E-state index contributed by atoms with van der Waals surface area (Å²) in [5.41, 5.74) is 2.92. The van der Waals surface area contributed by atoms with Gasteiger partial charge in [-0.3, -0.25) is 9.78 Å². The Hall–Kier alpha value is -3.29. The summed E-state index contributed by atoms with van der Waals surface area (Å²) in [4.78, 5) is 26.0. The summed E-state index contributed by atoms with van der Waals surface area (Å²) in [7, 11) is 1.53. The van der Waals surface area contributed by atoms with Crippen LogP contribution in [0.25, 0.3) is 11.4 Å². The first kappa shape index (κ1) is 20.0. The van der Waals surface area contributed by atoms with Gasteiger partial charge < -0.3 is 14.6 Å². The Labute approximate surface area is 175 Å². The molecule has 0 radical (unpaired) electrons. The summed E-state index contributed by atoms with van der Waals surface area (Å²) in [5.74, 6) is 1.67. The van der Waals surface area contributed by atoms with Gasteiger partial charge in [-0.15, -0.1) is 0 Å². The fraction of sp³-hybridized carbons (Fsp3) is 0.409. The second-order valence-corrected chi connectivity index (χ2v) is 8.33. The standard InChI is InChI=1S/C22H25N5O3/c1-22(2)11-17(25-19(28)5-4-15-10-20(29-3)27-30-15)16-13-24-21(26-18(16)12-22)14-6-8-23-9-7-14/h6-10,13,17H,4-5,11-12H2,1-3H3,(H,25,28). The third-order valence-corrected chi connectivity index (χ3v) is 5.30. The Bertz CT molecular complexity index is 1030. The van der Waals surface area contributed by atoms with Gasteiger partial charge in [-0.05, 0) is 35.5 Å². The third-order valence-electron chi connectivity index (χ3n) is 5.30. The summed E-state index contributed by atoms with van der Waals surface area (Å²) >= 11 is 0. The Morgan fingerprint density at radius 3 is 2.87 bits per heavy atom. The van der Waals surface area contributed by atoms with Gasteiger partial charge >= 0.3 is 0 Å². The Balaban J connectivity index is 1.49. The summed E-state index contributed by atoms with van der Waals surface area (Å²) in [6.07, 6.45) is 7.75. The van der Waals surface area contributed by atoms with Crippen molar-refractivity contribution in [1.82, 2.24) is 25.4 Å². The molecule has 0 fully saturated rings. The van der Waals surface area contributed by atoms with Crippen molar-refractivity contribution in [1.29, 1.82) is 0 Å². The Morgan fingerprint density at radius 1 is 1.33 bits per heavy atom. The molecule has 0 saturated carbocycles. The second-order valence-electron chi connectivity index (χ2n) is 8.33. The van der Waals surface area contributed by atoms with Crippen molar-refractivity contribution >= 4 is 5.91 Å². The lowest BCUT2D eigenvalue weighted by Crippen LogP contribution is -2.37. The highest BCUT2D eigenvalue weighted by Gasteiger charge is 2.34. The molecule has 8 heteroatoms. The number of carbonyl (C=O) groups excluding carboxylic acids is 1. The van der Waals surface area contributed by atoms with E-state index in [9.17, 15) is 4.79 Å². The number of nitrogens with one attached hydrogen (secondary N) is 1. The number of amides is 1. The average molecular weight is 407 g/mol. The van der Waals surface area contributed by atoms with E-state index in [1.54, 1.807) is 18.5 Å². The molecule has 1 aliphatic rings. The van der Waals surface area contributed by atoms with Crippen LogP contribution < -0.4 is 10.1 Å². The summed E-state index contributed by atoms with van der Waals surface area (Å²) in [5, 5.41) is 6.92. The lowest BCUT2D eigenvalue weighted by atomic mass is 9.74. The number of carbonyl (C=O) groups is 1. The van der Waals surface area contributed by atoms with E-state index in [-0.39, 0.29) is 17.4 Å². The van der Waals surface area contributed by atoms with Crippen LogP contribution >= 0.6 is 0 Å². The predicted molar refractivity (Wildman–Crippen MR) is 110 cm³/mol. The van der Waals surface area contributed by atoms with Crippen LogP contribution in [0.5, 0.6) is 5.88 Å². The number of pyridine rings is 1. The van der Waals surface area contributed by atoms with Crippen molar-refractivity contribution in [2.45, 2.75) is 45.6 Å². The highest BCUT2D eigenvalue weighted by atomic mass is 16.5. The van der Waals surface area contributed by atoms with Gasteiger partial charge in [-0.25, -0.2) is 9.97 Å². The Morgan fingerprint density at radius 2 is 2.13 bits per heavy atom. The van der Waals surface area contributed by atoms with Crippen LogP contribution in [0.2, 0.25) is 0 Å². The number of rotatable bonds is 6. The molecule has 3 aromatic rings. The molecule has 0 aromatic carbocycles. The van der Waals surface area contributed by atoms with E-state index in [0.29, 0.717) is 30.3 Å². The van der Waals surface area contributed by atoms with Gasteiger partial charge in [0.05, 0.1) is 18.8 Å². The van der Waals surface area contributed by atoms with Crippen molar-refractivity contribution < 1.29 is 14.1 Å². The quantitative estimate of drug-likeness (QED) is 0.669. The molecule has 1 unspecified atom stereocenters. The van der Waals surface area contributed by atoms with Crippen molar-refractivity contribution in [3.05, 3.63) is 53.8 Å². The van der Waals surface area contributed by atoms with Crippen LogP contribution in [0, 0.1) is 5.41 Å². The van der Waals surface area contributed by atoms with E-state index in [2.05, 4.69) is 34.3 Å². The first-order valence-corrected chi connectivity index (χ1v) is 9.99. The van der Waals surface area contributed by atoms with Gasteiger partial charge in [0, 0.05) is 48.6 Å². The molecule has 0 aliphatic heterocycles. The van der Waals surface area contributed by atoms with Gasteiger partial charge in [0.1, 0.15) is 5.76 Å². The maximum atomic E-state index is 12.6. The SMILES string of the molecule is COc1cc(CCC(=O)NC2CC(C)(C)Cc3nc(-c4ccncc4)ncc32)on1. The van der Waals surface area contributed by atoms with Gasteiger partial charge in [-0.2, -0.15) is 0 Å². The van der Waals surface area contributed by atoms with Crippen molar-refractivity contribution in [3.63, 3.8) is 0 Å². The van der Waals surface area contributed by atoms with Crippen LogP contribution in [0.15, 0.2) is 41.3 Å². The van der Waals surface area contributed by atoms with Crippen LogP contribution in [0.3, 0.4) is 0 Å². The first-order valence-electron chi connectivity index (χ1n) is 9.99. The fourth-order valence-electron chi connectivity index (χ4n) is 3.83. The first-order chi connectivity index (χ1) is 14.4. The molecule has 1 amide bonds. The topological polar surface area (TPSA) is 103 Å². The van der Waals surface area contributed by atoms with Gasteiger partial charge in [0.15, 0.2) is 5.82 Å². The number of aromatic nitrogens is 4. The van der Waals surface area contributed by atoms with Crippen LogP contribution in [-0.4, -0.2) is 33.1 Å². The molecule has 1 atom stereocenters. The van der Waals surface area contributed by atoms with Crippen LogP contribution in [0.4, 0.5) is 0 Å². The van der Waals surface area contributed by atoms with Crippen LogP contribution in [-0.2, 0) is 17.6 Å². The minimum atomic E-state index is -0.119. The minimum absolute atomic E-state index is 0.0209. The summed E-state index contributed by atoms with van der Waals surface area (Å²) in [6.45, 7) is 4.40. The van der Waals surface area contributed by atoms with E-state index in [1.807, 2.05) is 18.3 Å². The summed E-state index contributed by atoms with van der Waals surface area (Å²) in [6, 6.07) is 5.37. The van der Waals surface area contributed by atoms with Crippen LogP contribution in [0.1, 0.15) is 49.7 Å². The zero-order chi connectivity index (χ0) is 21.1. The van der Waals surface area contributed by atoms with E-state index in [1.165, 1.54) is 7.11 Å². The third kappa shape index (κ3) is 4.48. The number of ether oxygens (including phenoxy) is 1. The highest BCUT2D eigenvalue weighted by Crippen LogP contribution is 2.40. The molecule has 1 N–H and O–H groups in total. The molecule has 0 bridgehead atoms. The molecule has 3 aromatic heterocycles. The molecule has 0 saturated heterocycles. The summed E-state index contributed by atoms with van der Waals surface area (Å²) < 4.78 is 10.2. The number of hydrogen-bond donors (Lipinski definition) is 1. The minimum Gasteiger partial charge on any atom is -0.479 e. The average Bonchev–Trinajstić information content (AvgIpc) is 3.20. The maximum absolute atomic E-state index is 12.6. The molecule has 3 heterocycles. The molecule has 156 valence electrons. The van der Waals surface area contributed by atoms with Gasteiger partial charge in [-0.1, -0.05) is 13.8 Å². The second kappa shape index (κ2) is 8.22. The molecule has 0 spiro atoms. The fourth-order valence-corrected chi connectivity index (χ4v) is 3.83. The van der Waals surface area contributed by atoms with E-state index in [4.69, 9.17) is 14.2 Å². The largest absolute Gasteiger partial charge is 0.479 e. The predicted octanol–water partition coefficient (Wildman–Crippen LogP) is 3.30. The van der Waals surface area contributed by atoms with E-state index < -0.39 is 0 Å². The smallest absolute Gasteiger partial charge is 0.254 e. The number of nitrogens with zero attached hydrogens (tertiary/aromatic N) is 4. The molecule has 4 rings (SSSR count). The van der Waals surface area contributed by atoms with Gasteiger partial charge in [0.25, 0.3) is 5.88 Å². The van der Waals surface area contributed by atoms with Gasteiger partial charge in [0.2, 0.25) is 5.91 Å². The number of methoxy groups -OCH3 is 1. The van der Waals surface area contributed by atoms with E-state index >= 15 is 0 Å². The van der Waals surface area contributed by atoms with Crippen molar-refractivity contribution in [2.24, 2.45) is 5.41 Å². The maximum Gasteiger partial charge on any atom is 0.254 e. The highest BCUT2D eigenvalue weighted by molar-refractivity contribution is 5.76. The number of fused-ring (bicyclic) bond motifs is 1. The van der Waals surface area contributed by atoms with Crippen molar-refractivity contribution in [2.75, 3.05) is 7.11 Å².